The van der Waals surface area contributed by atoms with Crippen molar-refractivity contribution in [2.75, 3.05) is 4.90 Å². The molecule has 7 heteroatoms. The molecule has 0 aromatic heterocycles. The second kappa shape index (κ2) is 7.43. The number of benzene rings is 2. The van der Waals surface area contributed by atoms with Gasteiger partial charge in [-0.05, 0) is 30.3 Å². The lowest BCUT2D eigenvalue weighted by Gasteiger charge is -2.15. The fourth-order valence-corrected chi connectivity index (χ4v) is 4.12. The van der Waals surface area contributed by atoms with E-state index in [4.69, 9.17) is 23.2 Å². The minimum atomic E-state index is -0.534. The number of hydrogen-bond acceptors (Lipinski definition) is 3. The summed E-state index contributed by atoms with van der Waals surface area (Å²) >= 11 is 13.5. The Bertz CT molecular complexity index is 943. The van der Waals surface area contributed by atoms with Crippen molar-refractivity contribution in [3.8, 4) is 0 Å². The fraction of sp³-hybridized carbons (Fsp3) is 0.158. The van der Waals surface area contributed by atoms with Gasteiger partial charge in [-0.3, -0.25) is 9.59 Å². The number of nitrogens with zero attached hydrogens (tertiary/aromatic N) is 1. The average molecular weight is 410 g/mol. The van der Waals surface area contributed by atoms with E-state index >= 15 is 0 Å². The molecule has 0 fully saturated rings. The molecular formula is C19H14Cl2FNO2S. The van der Waals surface area contributed by atoms with E-state index in [-0.39, 0.29) is 21.5 Å². The lowest BCUT2D eigenvalue weighted by atomic mass is 10.1. The first kappa shape index (κ1) is 19.0. The van der Waals surface area contributed by atoms with Gasteiger partial charge >= 0.3 is 0 Å². The van der Waals surface area contributed by atoms with Gasteiger partial charge in [0.2, 0.25) is 0 Å². The van der Waals surface area contributed by atoms with E-state index in [1.54, 1.807) is 12.1 Å². The van der Waals surface area contributed by atoms with Crippen LogP contribution in [0.4, 0.5) is 10.1 Å². The third kappa shape index (κ3) is 3.52. The highest BCUT2D eigenvalue weighted by molar-refractivity contribution is 8.04. The molecule has 3 nitrogen and oxygen atoms in total. The van der Waals surface area contributed by atoms with E-state index in [0.717, 1.165) is 11.0 Å². The van der Waals surface area contributed by atoms with E-state index in [1.807, 2.05) is 13.8 Å². The number of carbonyl (C=O) groups is 2. The molecule has 0 bridgehead atoms. The van der Waals surface area contributed by atoms with Gasteiger partial charge in [-0.2, -0.15) is 0 Å². The summed E-state index contributed by atoms with van der Waals surface area (Å²) in [6, 6.07) is 10.1. The number of amides is 2. The number of anilines is 1. The predicted molar refractivity (Wildman–Crippen MR) is 105 cm³/mol. The van der Waals surface area contributed by atoms with Crippen molar-refractivity contribution in [2.24, 2.45) is 0 Å². The van der Waals surface area contributed by atoms with Crippen molar-refractivity contribution < 1.29 is 14.0 Å². The molecule has 0 atom stereocenters. The maximum Gasteiger partial charge on any atom is 0.272 e. The maximum atomic E-state index is 13.6. The molecule has 0 saturated heterocycles. The van der Waals surface area contributed by atoms with E-state index in [0.29, 0.717) is 15.5 Å². The molecule has 2 aromatic carbocycles. The highest BCUT2D eigenvalue weighted by atomic mass is 35.5. The van der Waals surface area contributed by atoms with Crippen LogP contribution >= 0.6 is 35.0 Å². The number of carbonyl (C=O) groups excluding carboxylic acids is 2. The quantitative estimate of drug-likeness (QED) is 0.620. The van der Waals surface area contributed by atoms with Gasteiger partial charge in [0, 0.05) is 15.8 Å². The molecule has 0 aliphatic carbocycles. The molecule has 26 heavy (non-hydrogen) atoms. The molecule has 3 rings (SSSR count). The first-order chi connectivity index (χ1) is 12.3. The van der Waals surface area contributed by atoms with Crippen LogP contribution in [0.5, 0.6) is 0 Å². The van der Waals surface area contributed by atoms with Crippen LogP contribution in [-0.4, -0.2) is 17.1 Å². The molecule has 2 aromatic rings. The zero-order valence-corrected chi connectivity index (χ0v) is 16.3. The first-order valence-electron chi connectivity index (χ1n) is 7.80. The summed E-state index contributed by atoms with van der Waals surface area (Å²) in [5, 5.41) is 0.767. The normalized spacial score (nSPS) is 14.8. The topological polar surface area (TPSA) is 37.4 Å². The van der Waals surface area contributed by atoms with Gasteiger partial charge in [0.25, 0.3) is 11.8 Å². The zero-order valence-electron chi connectivity index (χ0n) is 13.9. The van der Waals surface area contributed by atoms with E-state index in [9.17, 15) is 14.0 Å². The summed E-state index contributed by atoms with van der Waals surface area (Å²) < 4.78 is 13.6. The van der Waals surface area contributed by atoms with Crippen molar-refractivity contribution in [3.63, 3.8) is 0 Å². The summed E-state index contributed by atoms with van der Waals surface area (Å²) in [7, 11) is 0. The number of hydrogen-bond donors (Lipinski definition) is 0. The molecular weight excluding hydrogens is 396 g/mol. The van der Waals surface area contributed by atoms with Crippen molar-refractivity contribution >= 4 is 58.0 Å². The van der Waals surface area contributed by atoms with Crippen LogP contribution in [0.3, 0.4) is 0 Å². The molecule has 0 spiro atoms. The van der Waals surface area contributed by atoms with E-state index in [1.165, 1.54) is 36.0 Å². The minimum absolute atomic E-state index is 0.0651. The molecule has 1 aliphatic rings. The molecule has 0 unspecified atom stereocenters. The van der Waals surface area contributed by atoms with Gasteiger partial charge in [-0.25, -0.2) is 9.29 Å². The number of rotatable bonds is 4. The largest absolute Gasteiger partial charge is 0.272 e. The Kier molecular flexibility index (Phi) is 5.42. The van der Waals surface area contributed by atoms with Crippen molar-refractivity contribution in [3.05, 3.63) is 68.8 Å². The van der Waals surface area contributed by atoms with Gasteiger partial charge in [-0.15, -0.1) is 11.8 Å². The molecule has 0 saturated carbocycles. The third-order valence-electron chi connectivity index (χ3n) is 3.66. The Morgan fingerprint density at radius 2 is 1.77 bits per heavy atom. The Labute approximate surface area is 164 Å². The second-order valence-electron chi connectivity index (χ2n) is 5.92. The Balaban J connectivity index is 2.16. The maximum absolute atomic E-state index is 13.6. The van der Waals surface area contributed by atoms with Crippen molar-refractivity contribution in [2.45, 2.75) is 19.1 Å². The van der Waals surface area contributed by atoms with Crippen LogP contribution in [0.2, 0.25) is 10.0 Å². The Morgan fingerprint density at radius 1 is 1.04 bits per heavy atom. The van der Waals surface area contributed by atoms with Gasteiger partial charge in [-0.1, -0.05) is 49.2 Å². The van der Waals surface area contributed by atoms with Gasteiger partial charge in [0.1, 0.15) is 5.82 Å². The predicted octanol–water partition coefficient (Wildman–Crippen LogP) is 5.56. The van der Waals surface area contributed by atoms with Crippen LogP contribution in [0.25, 0.3) is 5.57 Å². The van der Waals surface area contributed by atoms with E-state index < -0.39 is 17.6 Å². The summed E-state index contributed by atoms with van der Waals surface area (Å²) in [5.74, 6) is -1.55. The van der Waals surface area contributed by atoms with Gasteiger partial charge < -0.3 is 0 Å². The first-order valence-corrected chi connectivity index (χ1v) is 9.44. The van der Waals surface area contributed by atoms with Crippen LogP contribution in [-0.2, 0) is 9.59 Å². The Morgan fingerprint density at radius 3 is 2.38 bits per heavy atom. The van der Waals surface area contributed by atoms with Crippen molar-refractivity contribution in [1.29, 1.82) is 0 Å². The van der Waals surface area contributed by atoms with Crippen molar-refractivity contribution in [1.82, 2.24) is 0 Å². The molecule has 134 valence electrons. The molecule has 2 amide bonds. The molecule has 1 aliphatic heterocycles. The highest BCUT2D eigenvalue weighted by Crippen LogP contribution is 2.42. The smallest absolute Gasteiger partial charge is 0.268 e. The summed E-state index contributed by atoms with van der Waals surface area (Å²) in [6.45, 7) is 3.84. The monoisotopic (exact) mass is 409 g/mol. The van der Waals surface area contributed by atoms with Crippen LogP contribution < -0.4 is 4.90 Å². The lowest BCUT2D eigenvalue weighted by molar-refractivity contribution is -0.119. The van der Waals surface area contributed by atoms with Gasteiger partial charge in [0.15, 0.2) is 0 Å². The molecule has 0 N–H and O–H groups in total. The van der Waals surface area contributed by atoms with Crippen LogP contribution in [0.1, 0.15) is 19.4 Å². The summed E-state index contributed by atoms with van der Waals surface area (Å²) in [6.07, 6.45) is 0. The minimum Gasteiger partial charge on any atom is -0.268 e. The van der Waals surface area contributed by atoms with Gasteiger partial charge in [0.05, 0.1) is 21.2 Å². The SMILES string of the molecule is CC(C)SC1=C(c2ccc(Cl)cc2Cl)C(=O)N(c2cccc(F)c2)C1=O. The Hall–Kier alpha value is -1.82. The summed E-state index contributed by atoms with van der Waals surface area (Å²) in [4.78, 5) is 27.3. The fourth-order valence-electron chi connectivity index (χ4n) is 2.63. The standard InChI is InChI=1S/C19H14Cl2FNO2S/c1-10(2)26-17-16(14-7-6-11(20)8-15(14)21)18(24)23(19(17)25)13-5-3-4-12(22)9-13/h3-10H,1-2H3. The number of thioether (sulfide) groups is 1. The van der Waals surface area contributed by atoms with E-state index in [2.05, 4.69) is 0 Å². The number of imide groups is 1. The average Bonchev–Trinajstić information content (AvgIpc) is 2.78. The number of halogens is 3. The third-order valence-corrected chi connectivity index (χ3v) is 5.30. The van der Waals surface area contributed by atoms with Crippen LogP contribution in [0.15, 0.2) is 47.4 Å². The lowest BCUT2D eigenvalue weighted by Crippen LogP contribution is -2.31. The van der Waals surface area contributed by atoms with Crippen LogP contribution in [0, 0.1) is 5.82 Å². The second-order valence-corrected chi connectivity index (χ2v) is 8.35. The summed E-state index contributed by atoms with van der Waals surface area (Å²) in [5.41, 5.74) is 0.818. The highest BCUT2D eigenvalue weighted by Gasteiger charge is 2.41. The molecule has 1 heterocycles. The zero-order chi connectivity index (χ0) is 19.0. The molecule has 0 radical (unpaired) electrons.